The van der Waals surface area contributed by atoms with E-state index < -0.39 is 0 Å². The molecular formula is C15H22ClNO2. The first kappa shape index (κ1) is 14.6. The molecule has 0 saturated heterocycles. The molecule has 0 heterocycles. The van der Waals surface area contributed by atoms with Crippen molar-refractivity contribution >= 4 is 11.6 Å². The van der Waals surface area contributed by atoms with Gasteiger partial charge in [-0.25, -0.2) is 0 Å². The molecule has 1 aromatic rings. The van der Waals surface area contributed by atoms with E-state index in [4.69, 9.17) is 21.1 Å². The number of methoxy groups -OCH3 is 2. The third-order valence-corrected chi connectivity index (χ3v) is 4.51. The van der Waals surface area contributed by atoms with Crippen LogP contribution in [0.15, 0.2) is 18.2 Å². The van der Waals surface area contributed by atoms with Gasteiger partial charge in [-0.15, -0.1) is 0 Å². The van der Waals surface area contributed by atoms with Crippen molar-refractivity contribution in [2.45, 2.75) is 37.3 Å². The molecule has 0 bridgehead atoms. The van der Waals surface area contributed by atoms with Crippen LogP contribution in [0.2, 0.25) is 5.02 Å². The molecule has 106 valence electrons. The molecule has 1 atom stereocenters. The lowest BCUT2D eigenvalue weighted by Gasteiger charge is -2.43. The minimum Gasteiger partial charge on any atom is -0.495 e. The monoisotopic (exact) mass is 283 g/mol. The van der Waals surface area contributed by atoms with Crippen molar-refractivity contribution in [2.75, 3.05) is 21.3 Å². The van der Waals surface area contributed by atoms with Crippen LogP contribution in [0.3, 0.4) is 0 Å². The number of hydrogen-bond donors (Lipinski definition) is 1. The molecule has 1 aliphatic carbocycles. The van der Waals surface area contributed by atoms with Crippen LogP contribution in [0.1, 0.15) is 37.3 Å². The van der Waals surface area contributed by atoms with Crippen molar-refractivity contribution in [1.82, 2.24) is 5.32 Å². The molecule has 2 rings (SSSR count). The summed E-state index contributed by atoms with van der Waals surface area (Å²) in [5.41, 5.74) is 1.23. The molecule has 0 amide bonds. The van der Waals surface area contributed by atoms with Crippen molar-refractivity contribution in [3.8, 4) is 5.75 Å². The maximum absolute atomic E-state index is 6.07. The van der Waals surface area contributed by atoms with Gasteiger partial charge in [0.05, 0.1) is 17.7 Å². The highest BCUT2D eigenvalue weighted by Crippen LogP contribution is 2.42. The van der Waals surface area contributed by atoms with Gasteiger partial charge in [0.25, 0.3) is 0 Å². The molecule has 1 aliphatic rings. The van der Waals surface area contributed by atoms with Crippen LogP contribution < -0.4 is 10.1 Å². The Hall–Kier alpha value is -0.770. The largest absolute Gasteiger partial charge is 0.495 e. The second-order valence-corrected chi connectivity index (χ2v) is 5.59. The molecule has 0 aliphatic heterocycles. The maximum Gasteiger partial charge on any atom is 0.137 e. The normalized spacial score (nSPS) is 18.7. The van der Waals surface area contributed by atoms with Crippen molar-refractivity contribution in [3.05, 3.63) is 28.8 Å². The summed E-state index contributed by atoms with van der Waals surface area (Å²) in [6.07, 6.45) is 4.53. The Bertz CT molecular complexity index is 427. The molecule has 1 aromatic carbocycles. The Morgan fingerprint density at radius 1 is 1.37 bits per heavy atom. The van der Waals surface area contributed by atoms with Gasteiger partial charge in [-0.2, -0.15) is 0 Å². The fourth-order valence-corrected chi connectivity index (χ4v) is 2.91. The van der Waals surface area contributed by atoms with Gasteiger partial charge in [-0.1, -0.05) is 17.7 Å². The second-order valence-electron chi connectivity index (χ2n) is 5.18. The molecule has 0 spiro atoms. The number of halogens is 1. The molecule has 0 aromatic heterocycles. The predicted octanol–water partition coefficient (Wildman–Crippen LogP) is 3.57. The molecular weight excluding hydrogens is 262 g/mol. The average molecular weight is 284 g/mol. The van der Waals surface area contributed by atoms with Crippen LogP contribution >= 0.6 is 11.6 Å². The summed E-state index contributed by atoms with van der Waals surface area (Å²) in [5, 5.41) is 4.01. The maximum atomic E-state index is 6.07. The van der Waals surface area contributed by atoms with E-state index in [2.05, 4.69) is 5.32 Å². The zero-order valence-corrected chi connectivity index (χ0v) is 12.6. The average Bonchev–Trinajstić information content (AvgIpc) is 2.39. The van der Waals surface area contributed by atoms with Crippen LogP contribution in [0.4, 0.5) is 0 Å². The predicted molar refractivity (Wildman–Crippen MR) is 78.0 cm³/mol. The van der Waals surface area contributed by atoms with Crippen molar-refractivity contribution in [2.24, 2.45) is 0 Å². The SMILES string of the molecule is CNC(CC1(OC)CCC1)c1ccc(Cl)c(OC)c1. The van der Waals surface area contributed by atoms with Crippen LogP contribution in [-0.2, 0) is 4.74 Å². The third kappa shape index (κ3) is 3.04. The summed E-state index contributed by atoms with van der Waals surface area (Å²) in [4.78, 5) is 0. The van der Waals surface area contributed by atoms with Gasteiger partial charge in [0.1, 0.15) is 5.75 Å². The topological polar surface area (TPSA) is 30.5 Å². The van der Waals surface area contributed by atoms with Crippen LogP contribution in [0.5, 0.6) is 5.75 Å². The standard InChI is InChI=1S/C15H22ClNO2/c1-17-13(10-15(19-3)7-4-8-15)11-5-6-12(16)14(9-11)18-2/h5-6,9,13,17H,4,7-8,10H2,1-3H3. The molecule has 3 nitrogen and oxygen atoms in total. The molecule has 1 fully saturated rings. The Morgan fingerprint density at radius 3 is 2.58 bits per heavy atom. The fraction of sp³-hybridized carbons (Fsp3) is 0.600. The summed E-state index contributed by atoms with van der Waals surface area (Å²) in [7, 11) is 5.43. The zero-order chi connectivity index (χ0) is 13.9. The molecule has 1 N–H and O–H groups in total. The van der Waals surface area contributed by atoms with Crippen LogP contribution in [-0.4, -0.2) is 26.9 Å². The summed E-state index contributed by atoms with van der Waals surface area (Å²) in [6, 6.07) is 6.20. The Morgan fingerprint density at radius 2 is 2.11 bits per heavy atom. The van der Waals surface area contributed by atoms with Crippen molar-refractivity contribution in [3.63, 3.8) is 0 Å². The fourth-order valence-electron chi connectivity index (χ4n) is 2.71. The highest BCUT2D eigenvalue weighted by Gasteiger charge is 2.39. The van der Waals surface area contributed by atoms with Crippen molar-refractivity contribution < 1.29 is 9.47 Å². The Kier molecular flexibility index (Phi) is 4.71. The first-order chi connectivity index (χ1) is 9.14. The lowest BCUT2D eigenvalue weighted by Crippen LogP contribution is -2.42. The summed E-state index contributed by atoms with van der Waals surface area (Å²) in [5.74, 6) is 0.722. The number of rotatable bonds is 6. The van der Waals surface area contributed by atoms with E-state index in [1.165, 1.54) is 12.0 Å². The molecule has 0 radical (unpaired) electrons. The summed E-state index contributed by atoms with van der Waals surface area (Å²) in [6.45, 7) is 0. The first-order valence-electron chi connectivity index (χ1n) is 6.70. The van der Waals surface area contributed by atoms with Gasteiger partial charge in [-0.05, 0) is 50.4 Å². The second kappa shape index (κ2) is 6.12. The van der Waals surface area contributed by atoms with Crippen molar-refractivity contribution in [1.29, 1.82) is 0 Å². The summed E-state index contributed by atoms with van der Waals surface area (Å²) < 4.78 is 11.0. The van der Waals surface area contributed by atoms with Gasteiger partial charge >= 0.3 is 0 Å². The van der Waals surface area contributed by atoms with Gasteiger partial charge in [0.2, 0.25) is 0 Å². The van der Waals surface area contributed by atoms with Gasteiger partial charge in [0, 0.05) is 13.2 Å². The number of ether oxygens (including phenoxy) is 2. The number of hydrogen-bond acceptors (Lipinski definition) is 3. The van der Waals surface area contributed by atoms with E-state index in [9.17, 15) is 0 Å². The van der Waals surface area contributed by atoms with E-state index >= 15 is 0 Å². The summed E-state index contributed by atoms with van der Waals surface area (Å²) >= 11 is 6.07. The van der Waals surface area contributed by atoms with Gasteiger partial charge < -0.3 is 14.8 Å². The van der Waals surface area contributed by atoms with E-state index in [1.54, 1.807) is 7.11 Å². The Labute approximate surface area is 120 Å². The lowest BCUT2D eigenvalue weighted by atomic mass is 9.74. The molecule has 19 heavy (non-hydrogen) atoms. The zero-order valence-electron chi connectivity index (χ0n) is 11.8. The van der Waals surface area contributed by atoms with E-state index in [0.29, 0.717) is 5.02 Å². The third-order valence-electron chi connectivity index (χ3n) is 4.20. The van der Waals surface area contributed by atoms with E-state index in [-0.39, 0.29) is 11.6 Å². The Balaban J connectivity index is 2.17. The lowest BCUT2D eigenvalue weighted by molar-refractivity contribution is -0.0834. The van der Waals surface area contributed by atoms with Crippen LogP contribution in [0, 0.1) is 0 Å². The van der Waals surface area contributed by atoms with Gasteiger partial charge in [0.15, 0.2) is 0 Å². The highest BCUT2D eigenvalue weighted by atomic mass is 35.5. The first-order valence-corrected chi connectivity index (χ1v) is 7.08. The smallest absolute Gasteiger partial charge is 0.137 e. The van der Waals surface area contributed by atoms with Crippen LogP contribution in [0.25, 0.3) is 0 Å². The minimum absolute atomic E-state index is 0.0422. The molecule has 1 saturated carbocycles. The number of benzene rings is 1. The highest BCUT2D eigenvalue weighted by molar-refractivity contribution is 6.32. The van der Waals surface area contributed by atoms with E-state index in [0.717, 1.165) is 25.0 Å². The van der Waals surface area contributed by atoms with Gasteiger partial charge in [-0.3, -0.25) is 0 Å². The molecule has 4 heteroatoms. The van der Waals surface area contributed by atoms with E-state index in [1.807, 2.05) is 32.4 Å². The number of nitrogens with one attached hydrogen (secondary N) is 1. The quantitative estimate of drug-likeness (QED) is 0.866. The minimum atomic E-state index is 0.0422. The molecule has 1 unspecified atom stereocenters.